The van der Waals surface area contributed by atoms with Gasteiger partial charge >= 0.3 is 5.69 Å². The third-order valence-electron chi connectivity index (χ3n) is 2.39. The van der Waals surface area contributed by atoms with E-state index in [0.29, 0.717) is 15.9 Å². The second-order valence-corrected chi connectivity index (χ2v) is 3.98. The highest BCUT2D eigenvalue weighted by molar-refractivity contribution is 6.36. The first-order chi connectivity index (χ1) is 8.04. The molecule has 6 heteroatoms. The van der Waals surface area contributed by atoms with E-state index in [-0.39, 0.29) is 11.4 Å². The zero-order chi connectivity index (χ0) is 12.6. The summed E-state index contributed by atoms with van der Waals surface area (Å²) >= 11 is 6.01. The van der Waals surface area contributed by atoms with Gasteiger partial charge in [-0.2, -0.15) is 0 Å². The van der Waals surface area contributed by atoms with Gasteiger partial charge in [0.05, 0.1) is 17.1 Å². The van der Waals surface area contributed by atoms with Crippen LogP contribution >= 0.6 is 11.6 Å². The lowest BCUT2D eigenvalue weighted by molar-refractivity contribution is -0.385. The van der Waals surface area contributed by atoms with Crippen LogP contribution < -0.4 is 4.74 Å². The van der Waals surface area contributed by atoms with E-state index in [1.165, 1.54) is 13.2 Å². The lowest BCUT2D eigenvalue weighted by Gasteiger charge is -2.07. The van der Waals surface area contributed by atoms with Crippen molar-refractivity contribution < 1.29 is 9.66 Å². The first kappa shape index (κ1) is 11.6. The molecule has 0 aliphatic heterocycles. The molecular weight excluding hydrogens is 244 g/mol. The summed E-state index contributed by atoms with van der Waals surface area (Å²) in [6, 6.07) is 3.10. The monoisotopic (exact) mass is 252 g/mol. The number of hydrogen-bond acceptors (Lipinski definition) is 4. The molecule has 0 N–H and O–H groups in total. The van der Waals surface area contributed by atoms with Crippen LogP contribution in [0, 0.1) is 17.0 Å². The second-order valence-electron chi connectivity index (χ2n) is 3.58. The molecule has 0 amide bonds. The van der Waals surface area contributed by atoms with Gasteiger partial charge in [0, 0.05) is 17.6 Å². The molecule has 0 fully saturated rings. The third-order valence-corrected chi connectivity index (χ3v) is 2.71. The molecule has 0 saturated carbocycles. The average molecular weight is 253 g/mol. The van der Waals surface area contributed by atoms with E-state index in [1.54, 1.807) is 6.20 Å². The molecule has 88 valence electrons. The number of methoxy groups -OCH3 is 1. The Morgan fingerprint density at radius 3 is 2.76 bits per heavy atom. The number of rotatable bonds is 2. The number of nitro benzene ring substituents is 1. The van der Waals surface area contributed by atoms with Crippen LogP contribution in [0.3, 0.4) is 0 Å². The number of ether oxygens (including phenoxy) is 1. The zero-order valence-corrected chi connectivity index (χ0v) is 9.99. The van der Waals surface area contributed by atoms with Crippen molar-refractivity contribution in [1.82, 2.24) is 4.98 Å². The highest BCUT2D eigenvalue weighted by atomic mass is 35.5. The van der Waals surface area contributed by atoms with Crippen molar-refractivity contribution in [2.24, 2.45) is 0 Å². The molecule has 1 heterocycles. The van der Waals surface area contributed by atoms with E-state index < -0.39 is 4.92 Å². The van der Waals surface area contributed by atoms with Crippen molar-refractivity contribution in [2.75, 3.05) is 7.11 Å². The Kier molecular flexibility index (Phi) is 2.85. The summed E-state index contributed by atoms with van der Waals surface area (Å²) < 4.78 is 5.05. The topological polar surface area (TPSA) is 65.3 Å². The van der Waals surface area contributed by atoms with Gasteiger partial charge in [-0.05, 0) is 18.6 Å². The summed E-state index contributed by atoms with van der Waals surface area (Å²) in [5.74, 6) is 0.134. The molecule has 0 spiro atoms. The maximum Gasteiger partial charge on any atom is 0.314 e. The van der Waals surface area contributed by atoms with E-state index in [4.69, 9.17) is 16.3 Å². The molecule has 0 aliphatic rings. The summed E-state index contributed by atoms with van der Waals surface area (Å²) in [6.45, 7) is 1.87. The summed E-state index contributed by atoms with van der Waals surface area (Å²) in [6.07, 6.45) is 1.62. The average Bonchev–Trinajstić information content (AvgIpc) is 2.29. The fourth-order valence-electron chi connectivity index (χ4n) is 1.65. The second kappa shape index (κ2) is 4.18. The van der Waals surface area contributed by atoms with Gasteiger partial charge in [0.15, 0.2) is 0 Å². The molecule has 0 saturated heterocycles. The summed E-state index contributed by atoms with van der Waals surface area (Å²) in [5.41, 5.74) is 1.15. The van der Waals surface area contributed by atoms with Crippen molar-refractivity contribution in [3.05, 3.63) is 39.0 Å². The van der Waals surface area contributed by atoms with Gasteiger partial charge in [0.1, 0.15) is 5.52 Å². The molecule has 2 rings (SSSR count). The van der Waals surface area contributed by atoms with Gasteiger partial charge < -0.3 is 4.74 Å². The minimum absolute atomic E-state index is 0.134. The number of fused-ring (bicyclic) bond motifs is 1. The molecule has 0 atom stereocenters. The number of hydrogen-bond donors (Lipinski definition) is 0. The molecule has 17 heavy (non-hydrogen) atoms. The number of halogens is 1. The lowest BCUT2D eigenvalue weighted by Crippen LogP contribution is -1.96. The number of pyridine rings is 1. The summed E-state index contributed by atoms with van der Waals surface area (Å²) in [4.78, 5) is 14.5. The quantitative estimate of drug-likeness (QED) is 0.608. The largest absolute Gasteiger partial charge is 0.489 e. The SMILES string of the molecule is COc1c([N+](=O)[O-])cc(Cl)c2cc(C)cnc12. The molecule has 0 bridgehead atoms. The highest BCUT2D eigenvalue weighted by Crippen LogP contribution is 2.38. The van der Waals surface area contributed by atoms with E-state index in [2.05, 4.69) is 4.98 Å². The number of nitrogens with zero attached hydrogens (tertiary/aromatic N) is 2. The van der Waals surface area contributed by atoms with Gasteiger partial charge in [0.25, 0.3) is 0 Å². The zero-order valence-electron chi connectivity index (χ0n) is 9.23. The van der Waals surface area contributed by atoms with Crippen LogP contribution in [0.1, 0.15) is 5.56 Å². The van der Waals surface area contributed by atoms with E-state index in [9.17, 15) is 10.1 Å². The number of benzene rings is 1. The van der Waals surface area contributed by atoms with E-state index in [0.717, 1.165) is 5.56 Å². The standard InChI is InChI=1S/C11H9ClN2O3/c1-6-3-7-8(12)4-9(14(15)16)11(17-2)10(7)13-5-6/h3-5H,1-2H3. The Hall–Kier alpha value is -1.88. The molecule has 1 aromatic carbocycles. The van der Waals surface area contributed by atoms with Gasteiger partial charge in [-0.3, -0.25) is 15.1 Å². The van der Waals surface area contributed by atoms with E-state index >= 15 is 0 Å². The molecule has 2 aromatic rings. The first-order valence-electron chi connectivity index (χ1n) is 4.82. The molecule has 0 aliphatic carbocycles. The maximum atomic E-state index is 10.9. The van der Waals surface area contributed by atoms with Gasteiger partial charge in [-0.15, -0.1) is 0 Å². The molecular formula is C11H9ClN2O3. The predicted octanol–water partition coefficient (Wildman–Crippen LogP) is 3.11. The molecule has 0 radical (unpaired) electrons. The Morgan fingerprint density at radius 2 is 2.18 bits per heavy atom. The van der Waals surface area contributed by atoms with Crippen LogP contribution in [0.2, 0.25) is 5.02 Å². The Labute approximate surface area is 102 Å². The van der Waals surface area contributed by atoms with Crippen molar-refractivity contribution in [2.45, 2.75) is 6.92 Å². The predicted molar refractivity (Wildman–Crippen MR) is 64.7 cm³/mol. The lowest BCUT2D eigenvalue weighted by atomic mass is 10.1. The Morgan fingerprint density at radius 1 is 1.47 bits per heavy atom. The number of aromatic nitrogens is 1. The van der Waals surface area contributed by atoms with Crippen LogP contribution in [-0.4, -0.2) is 17.0 Å². The van der Waals surface area contributed by atoms with Crippen molar-refractivity contribution in [1.29, 1.82) is 0 Å². The van der Waals surface area contributed by atoms with Crippen molar-refractivity contribution in [3.63, 3.8) is 0 Å². The molecule has 5 nitrogen and oxygen atoms in total. The van der Waals surface area contributed by atoms with Crippen molar-refractivity contribution >= 4 is 28.2 Å². The third kappa shape index (κ3) is 1.89. The van der Waals surface area contributed by atoms with Crippen LogP contribution in [0.15, 0.2) is 18.3 Å². The van der Waals surface area contributed by atoms with Gasteiger partial charge in [-0.1, -0.05) is 11.6 Å². The fraction of sp³-hybridized carbons (Fsp3) is 0.182. The Bertz CT molecular complexity index is 613. The summed E-state index contributed by atoms with van der Waals surface area (Å²) in [5, 5.41) is 11.8. The molecule has 1 aromatic heterocycles. The highest BCUT2D eigenvalue weighted by Gasteiger charge is 2.21. The van der Waals surface area contributed by atoms with Crippen LogP contribution in [0.5, 0.6) is 5.75 Å². The molecule has 0 unspecified atom stereocenters. The smallest absolute Gasteiger partial charge is 0.314 e. The number of nitro groups is 1. The van der Waals surface area contributed by atoms with Gasteiger partial charge in [0.2, 0.25) is 5.75 Å². The van der Waals surface area contributed by atoms with Crippen molar-refractivity contribution in [3.8, 4) is 5.75 Å². The fourth-order valence-corrected chi connectivity index (χ4v) is 1.90. The first-order valence-corrected chi connectivity index (χ1v) is 5.19. The maximum absolute atomic E-state index is 10.9. The number of aryl methyl sites for hydroxylation is 1. The van der Waals surface area contributed by atoms with Gasteiger partial charge in [-0.25, -0.2) is 0 Å². The van der Waals surface area contributed by atoms with E-state index in [1.807, 2.05) is 13.0 Å². The normalized spacial score (nSPS) is 10.5. The minimum atomic E-state index is -0.536. The Balaban J connectivity index is 2.90. The van der Waals surface area contributed by atoms with Crippen LogP contribution in [-0.2, 0) is 0 Å². The summed E-state index contributed by atoms with van der Waals surface area (Å²) in [7, 11) is 1.37. The van der Waals surface area contributed by atoms with Crippen LogP contribution in [0.4, 0.5) is 5.69 Å². The minimum Gasteiger partial charge on any atom is -0.489 e. The van der Waals surface area contributed by atoms with Crippen LogP contribution in [0.25, 0.3) is 10.9 Å².